The molecule has 1 aliphatic carbocycles. The quantitative estimate of drug-likeness (QED) is 0.0882. The van der Waals surface area contributed by atoms with Gasteiger partial charge in [-0.25, -0.2) is 0 Å². The highest BCUT2D eigenvalue weighted by Crippen LogP contribution is 2.64. The van der Waals surface area contributed by atoms with Crippen molar-refractivity contribution in [2.45, 2.75) is 35.5 Å². The maximum absolute atomic E-state index is 14.7. The smallest absolute Gasteiger partial charge is 0.347 e. The third kappa shape index (κ3) is 8.55. The maximum atomic E-state index is 14.7. The fourth-order valence-electron chi connectivity index (χ4n) is 5.00. The third-order valence-electron chi connectivity index (χ3n) is 7.78. The Labute approximate surface area is 296 Å². The molecule has 8 nitrogen and oxygen atoms in total. The van der Waals surface area contributed by atoms with E-state index in [9.17, 15) is 27.8 Å². The number of aliphatic hydroxyl groups excluding tert-OH is 2. The van der Waals surface area contributed by atoms with Gasteiger partial charge in [-0.15, -0.1) is 0 Å². The van der Waals surface area contributed by atoms with Gasteiger partial charge in [0, 0.05) is 47.3 Å². The number of rotatable bonds is 16. The van der Waals surface area contributed by atoms with E-state index in [0.717, 1.165) is 24.5 Å². The fourth-order valence-corrected chi connectivity index (χ4v) is 7.22. The van der Waals surface area contributed by atoms with Gasteiger partial charge in [-0.1, -0.05) is 23.5 Å². The van der Waals surface area contributed by atoms with Crippen molar-refractivity contribution in [2.24, 2.45) is 20.5 Å². The minimum Gasteiger partial charge on any atom is -0.395 e. The second-order valence-corrected chi connectivity index (χ2v) is 13.2. The highest BCUT2D eigenvalue weighted by atomic mass is 32.2. The van der Waals surface area contributed by atoms with Gasteiger partial charge in [0.25, 0.3) is 0 Å². The Bertz CT molecular complexity index is 1670. The number of aliphatic hydroxyl groups is 2. The van der Waals surface area contributed by atoms with Gasteiger partial charge >= 0.3 is 11.8 Å². The van der Waals surface area contributed by atoms with Crippen LogP contribution in [-0.4, -0.2) is 61.5 Å². The molecule has 0 atom stereocenters. The normalized spacial score (nSPS) is 15.1. The largest absolute Gasteiger partial charge is 0.395 e. The van der Waals surface area contributed by atoms with Crippen LogP contribution in [0.5, 0.6) is 0 Å². The van der Waals surface area contributed by atoms with E-state index in [4.69, 9.17) is 0 Å². The first-order chi connectivity index (χ1) is 24.1. The van der Waals surface area contributed by atoms with Crippen LogP contribution >= 0.6 is 23.5 Å². The Kier molecular flexibility index (Phi) is 12.3. The molecule has 0 unspecified atom stereocenters. The summed E-state index contributed by atoms with van der Waals surface area (Å²) in [5, 5.41) is 35.3. The van der Waals surface area contributed by atoms with E-state index in [1.54, 1.807) is 72.8 Å². The number of halogens is 4. The number of thioether (sulfide) groups is 2. The summed E-state index contributed by atoms with van der Waals surface area (Å²) in [6.45, 7) is 6.63. The van der Waals surface area contributed by atoms with Gasteiger partial charge in [0.15, 0.2) is 0 Å². The third-order valence-corrected chi connectivity index (χ3v) is 10.3. The Balaban J connectivity index is 1.22. The highest BCUT2D eigenvalue weighted by Gasteiger charge is 2.71. The molecule has 4 aromatic rings. The molecule has 0 aliphatic heterocycles. The number of azo groups is 2. The molecule has 4 aromatic carbocycles. The monoisotopic (exact) mass is 724 g/mol. The lowest BCUT2D eigenvalue weighted by atomic mass is 10.00. The zero-order valence-electron chi connectivity index (χ0n) is 27.4. The second-order valence-electron chi connectivity index (χ2n) is 11.0. The predicted octanol–water partition coefficient (Wildman–Crippen LogP) is 10.5. The Hall–Kier alpha value is -4.24. The number of nitrogens with zero attached hydrogens (tertiary/aromatic N) is 6. The van der Waals surface area contributed by atoms with Crippen molar-refractivity contribution in [3.8, 4) is 0 Å². The van der Waals surface area contributed by atoms with Gasteiger partial charge in [-0.3, -0.25) is 0 Å². The minimum atomic E-state index is -4.30. The van der Waals surface area contributed by atoms with Crippen LogP contribution < -0.4 is 9.80 Å². The molecule has 0 heterocycles. The van der Waals surface area contributed by atoms with E-state index < -0.39 is 21.7 Å². The van der Waals surface area contributed by atoms with E-state index in [-0.39, 0.29) is 13.2 Å². The first-order valence-electron chi connectivity index (χ1n) is 15.9. The van der Waals surface area contributed by atoms with Gasteiger partial charge in [0.2, 0.25) is 0 Å². The molecule has 50 heavy (non-hydrogen) atoms. The molecule has 1 aliphatic rings. The summed E-state index contributed by atoms with van der Waals surface area (Å²) in [6, 6.07) is 27.2. The summed E-state index contributed by atoms with van der Waals surface area (Å²) in [7, 11) is 0. The van der Waals surface area contributed by atoms with Crippen LogP contribution in [0, 0.1) is 0 Å². The molecule has 0 fully saturated rings. The topological polar surface area (TPSA) is 96.4 Å². The average Bonchev–Trinajstić information content (AvgIpc) is 3.14. The van der Waals surface area contributed by atoms with Crippen molar-refractivity contribution in [1.29, 1.82) is 0 Å². The van der Waals surface area contributed by atoms with Crippen molar-refractivity contribution in [1.82, 2.24) is 0 Å². The van der Waals surface area contributed by atoms with Gasteiger partial charge in [0.1, 0.15) is 0 Å². The van der Waals surface area contributed by atoms with Crippen LogP contribution in [0.4, 0.5) is 51.7 Å². The van der Waals surface area contributed by atoms with Crippen LogP contribution in [0.3, 0.4) is 0 Å². The second kappa shape index (κ2) is 16.6. The van der Waals surface area contributed by atoms with Gasteiger partial charge < -0.3 is 20.0 Å². The lowest BCUT2D eigenvalue weighted by Crippen LogP contribution is -2.51. The standard InChI is InChI=1S/C36H36F4N6O2S2/c1-3-45(21-23-47)29-13-5-25(6-14-29)41-43-27-9-17-31(18-10-27)49-33-34(36(39,40)35(33,37)38)50-32-19-11-28(12-20-32)44-42-26-7-15-30(16-8-26)46(4-2)22-24-48/h5-20,47-48H,3-4,21-24H2,1-2H3. The molecule has 0 radical (unpaired) electrons. The van der Waals surface area contributed by atoms with Crippen molar-refractivity contribution < 1.29 is 27.8 Å². The lowest BCUT2D eigenvalue weighted by Gasteiger charge is -2.40. The highest BCUT2D eigenvalue weighted by molar-refractivity contribution is 8.07. The minimum absolute atomic E-state index is 0.0490. The van der Waals surface area contributed by atoms with Crippen molar-refractivity contribution in [3.63, 3.8) is 0 Å². The number of alkyl halides is 4. The van der Waals surface area contributed by atoms with Crippen molar-refractivity contribution in [2.75, 3.05) is 49.2 Å². The van der Waals surface area contributed by atoms with Crippen molar-refractivity contribution >= 4 is 57.6 Å². The van der Waals surface area contributed by atoms with Gasteiger partial charge in [0.05, 0.1) is 45.8 Å². The SMILES string of the molecule is CCN(CCO)c1ccc(N=Nc2ccc(SC3=C(Sc4ccc(N=Nc5ccc(N(CC)CCO)cc5)cc4)C(F)(F)C3(F)F)cc2)cc1. The lowest BCUT2D eigenvalue weighted by molar-refractivity contribution is -0.176. The zero-order valence-corrected chi connectivity index (χ0v) is 29.0. The predicted molar refractivity (Wildman–Crippen MR) is 193 cm³/mol. The number of anilines is 2. The van der Waals surface area contributed by atoms with Crippen LogP contribution in [0.1, 0.15) is 13.8 Å². The summed E-state index contributed by atoms with van der Waals surface area (Å²) in [5.41, 5.74) is 4.05. The molecule has 0 saturated heterocycles. The van der Waals surface area contributed by atoms with Crippen molar-refractivity contribution in [3.05, 3.63) is 107 Å². The molecular weight excluding hydrogens is 689 g/mol. The maximum Gasteiger partial charge on any atom is 0.347 e. The van der Waals surface area contributed by atoms with Crippen LogP contribution in [0.15, 0.2) is 137 Å². The Morgan fingerprint density at radius 1 is 0.500 bits per heavy atom. The molecule has 0 saturated carbocycles. The van der Waals surface area contributed by atoms with Gasteiger partial charge in [-0.05, 0) is 111 Å². The molecule has 0 bridgehead atoms. The number of likely N-dealkylation sites (N-methyl/N-ethyl adjacent to an activating group) is 2. The number of hydrogen-bond acceptors (Lipinski definition) is 10. The first-order valence-corrected chi connectivity index (χ1v) is 17.5. The molecule has 0 amide bonds. The summed E-state index contributed by atoms with van der Waals surface area (Å²) in [5.74, 6) is -8.60. The Morgan fingerprint density at radius 3 is 1.04 bits per heavy atom. The number of hydrogen-bond donors (Lipinski definition) is 2. The van der Waals surface area contributed by atoms with Crippen LogP contribution in [-0.2, 0) is 0 Å². The molecule has 2 N–H and O–H groups in total. The van der Waals surface area contributed by atoms with E-state index in [1.807, 2.05) is 47.9 Å². The zero-order chi connectivity index (χ0) is 35.7. The Morgan fingerprint density at radius 2 is 0.780 bits per heavy atom. The summed E-state index contributed by atoms with van der Waals surface area (Å²) in [6.07, 6.45) is 0. The molecule has 5 rings (SSSR count). The summed E-state index contributed by atoms with van der Waals surface area (Å²) < 4.78 is 58.7. The molecule has 0 aromatic heterocycles. The van der Waals surface area contributed by atoms with E-state index in [2.05, 4.69) is 20.5 Å². The van der Waals surface area contributed by atoms with Crippen LogP contribution in [0.2, 0.25) is 0 Å². The molecule has 14 heteroatoms. The summed E-state index contributed by atoms with van der Waals surface area (Å²) in [4.78, 5) is 3.37. The van der Waals surface area contributed by atoms with Crippen LogP contribution in [0.25, 0.3) is 0 Å². The average molecular weight is 725 g/mol. The fraction of sp³-hybridized carbons (Fsp3) is 0.278. The van der Waals surface area contributed by atoms with E-state index in [1.165, 1.54) is 0 Å². The number of benzene rings is 4. The van der Waals surface area contributed by atoms with Gasteiger partial charge in [-0.2, -0.15) is 38.0 Å². The number of allylic oxidation sites excluding steroid dienone is 2. The first kappa shape index (κ1) is 37.0. The van der Waals surface area contributed by atoms with E-state index >= 15 is 0 Å². The summed E-state index contributed by atoms with van der Waals surface area (Å²) >= 11 is 1.20. The molecular formula is C36H36F4N6O2S2. The molecule has 262 valence electrons. The van der Waals surface area contributed by atoms with E-state index in [0.29, 0.717) is 69.2 Å². The molecule has 0 spiro atoms.